The summed E-state index contributed by atoms with van der Waals surface area (Å²) in [6, 6.07) is 9.69. The molecule has 0 saturated heterocycles. The van der Waals surface area contributed by atoms with Crippen LogP contribution in [-0.2, 0) is 10.9 Å². The second kappa shape index (κ2) is 5.53. The van der Waals surface area contributed by atoms with E-state index in [2.05, 4.69) is 16.1 Å². The second-order valence-corrected chi connectivity index (χ2v) is 3.47. The van der Waals surface area contributed by atoms with E-state index in [0.717, 1.165) is 0 Å². The Morgan fingerprint density at radius 3 is 2.76 bits per heavy atom. The summed E-state index contributed by atoms with van der Waals surface area (Å²) in [6.45, 7) is 0.170. The van der Waals surface area contributed by atoms with Crippen molar-refractivity contribution in [2.75, 3.05) is 0 Å². The zero-order chi connectivity index (χ0) is 12.1. The van der Waals surface area contributed by atoms with Crippen LogP contribution in [0.2, 0.25) is 0 Å². The van der Waals surface area contributed by atoms with Crippen molar-refractivity contribution in [3.63, 3.8) is 0 Å². The Morgan fingerprint density at radius 2 is 2.00 bits per heavy atom. The summed E-state index contributed by atoms with van der Waals surface area (Å²) in [5.74, 6) is 6.08. The van der Waals surface area contributed by atoms with E-state index >= 15 is 0 Å². The van der Waals surface area contributed by atoms with E-state index in [4.69, 9.17) is 16.3 Å². The lowest BCUT2D eigenvalue weighted by molar-refractivity contribution is 0.295. The quantitative estimate of drug-likeness (QED) is 0.762. The minimum atomic E-state index is -0.351. The molecule has 2 aromatic rings. The van der Waals surface area contributed by atoms with E-state index < -0.39 is 0 Å². The molecule has 2 nitrogen and oxygen atoms in total. The predicted molar refractivity (Wildman–Crippen MR) is 61.7 cm³/mol. The van der Waals surface area contributed by atoms with Crippen molar-refractivity contribution in [1.29, 1.82) is 0 Å². The fourth-order valence-electron chi connectivity index (χ4n) is 1.27. The second-order valence-electron chi connectivity index (χ2n) is 3.25. The van der Waals surface area contributed by atoms with Gasteiger partial charge in [0.1, 0.15) is 18.2 Å². The smallest absolute Gasteiger partial charge is 0.177 e. The lowest BCUT2D eigenvalue weighted by Crippen LogP contribution is -1.81. The zero-order valence-electron chi connectivity index (χ0n) is 8.74. The molecule has 1 heterocycles. The van der Waals surface area contributed by atoms with Gasteiger partial charge in [-0.1, -0.05) is 18.1 Å². The van der Waals surface area contributed by atoms with Gasteiger partial charge in [0.15, 0.2) is 5.76 Å². The first-order chi connectivity index (χ1) is 8.29. The largest absolute Gasteiger partial charge is 0.450 e. The summed E-state index contributed by atoms with van der Waals surface area (Å²) in [7, 11) is 0. The Bertz CT molecular complexity index is 566. The van der Waals surface area contributed by atoms with Crippen molar-refractivity contribution in [3.8, 4) is 11.8 Å². The number of halogens is 2. The van der Waals surface area contributed by atoms with Crippen molar-refractivity contribution in [2.45, 2.75) is 6.61 Å². The van der Waals surface area contributed by atoms with Gasteiger partial charge < -0.3 is 4.42 Å². The first-order valence-electron chi connectivity index (χ1n) is 4.88. The molecule has 0 fully saturated rings. The maximum atomic E-state index is 13.2. The Hall–Kier alpha value is -1.76. The van der Waals surface area contributed by atoms with Gasteiger partial charge in [-0.25, -0.2) is 4.39 Å². The molecule has 0 spiro atoms. The van der Waals surface area contributed by atoms with Gasteiger partial charge in [-0.05, 0) is 30.2 Å². The molecule has 0 unspecified atom stereocenters. The number of benzene rings is 1. The molecule has 0 saturated carbocycles. The molecule has 17 heavy (non-hydrogen) atoms. The molecule has 0 aliphatic carbocycles. The van der Waals surface area contributed by atoms with Gasteiger partial charge in [-0.3, -0.25) is 4.29 Å². The topological polar surface area (TPSA) is 22.4 Å². The highest BCUT2D eigenvalue weighted by Gasteiger charge is 1.99. The molecule has 0 radical (unpaired) electrons. The van der Waals surface area contributed by atoms with Crippen LogP contribution in [-0.4, -0.2) is 0 Å². The molecule has 0 atom stereocenters. The molecule has 0 N–H and O–H groups in total. The molecule has 0 aliphatic rings. The van der Waals surface area contributed by atoms with Gasteiger partial charge in [-0.2, -0.15) is 0 Å². The highest BCUT2D eigenvalue weighted by atomic mass is 35.5. The van der Waals surface area contributed by atoms with Crippen LogP contribution >= 0.6 is 11.9 Å². The summed E-state index contributed by atoms with van der Waals surface area (Å²) in [5.41, 5.74) is 0.332. The standard InChI is InChI=1S/C13H8ClFO2/c14-16-9-12-8-7-11(17-12)6-5-10-3-1-2-4-13(10)15/h1-4,7-8H,9H2. The first-order valence-corrected chi connectivity index (χ1v) is 5.19. The van der Waals surface area contributed by atoms with Crippen LogP contribution in [0.15, 0.2) is 40.8 Å². The van der Waals surface area contributed by atoms with Gasteiger partial charge in [0, 0.05) is 0 Å². The predicted octanol–water partition coefficient (Wildman–Crippen LogP) is 3.49. The maximum absolute atomic E-state index is 13.2. The van der Waals surface area contributed by atoms with E-state index in [9.17, 15) is 4.39 Å². The van der Waals surface area contributed by atoms with Crippen molar-refractivity contribution >= 4 is 11.9 Å². The summed E-state index contributed by atoms with van der Waals surface area (Å²) >= 11 is 5.09. The summed E-state index contributed by atoms with van der Waals surface area (Å²) in [6.07, 6.45) is 0. The van der Waals surface area contributed by atoms with Crippen LogP contribution in [0.4, 0.5) is 4.39 Å². The van der Waals surface area contributed by atoms with Gasteiger partial charge >= 0.3 is 0 Å². The molecule has 0 bridgehead atoms. The minimum Gasteiger partial charge on any atom is -0.450 e. The van der Waals surface area contributed by atoms with E-state index in [1.807, 2.05) is 0 Å². The minimum absolute atomic E-state index is 0.170. The van der Waals surface area contributed by atoms with E-state index in [0.29, 0.717) is 17.1 Å². The first kappa shape index (κ1) is 11.7. The van der Waals surface area contributed by atoms with Crippen molar-refractivity contribution < 1.29 is 13.1 Å². The molecule has 0 aliphatic heterocycles. The van der Waals surface area contributed by atoms with Crippen molar-refractivity contribution in [1.82, 2.24) is 0 Å². The summed E-state index contributed by atoms with van der Waals surface area (Å²) < 4.78 is 22.9. The van der Waals surface area contributed by atoms with E-state index in [1.54, 1.807) is 30.3 Å². The van der Waals surface area contributed by atoms with Gasteiger partial charge in [0.05, 0.1) is 17.4 Å². The maximum Gasteiger partial charge on any atom is 0.177 e. The number of hydrogen-bond donors (Lipinski definition) is 0. The van der Waals surface area contributed by atoms with Gasteiger partial charge in [-0.15, -0.1) is 0 Å². The Kier molecular flexibility index (Phi) is 3.81. The molecule has 0 amide bonds. The van der Waals surface area contributed by atoms with Crippen LogP contribution in [0.5, 0.6) is 0 Å². The van der Waals surface area contributed by atoms with E-state index in [1.165, 1.54) is 6.07 Å². The third-order valence-corrected chi connectivity index (χ3v) is 2.16. The van der Waals surface area contributed by atoms with E-state index in [-0.39, 0.29) is 12.4 Å². The van der Waals surface area contributed by atoms with Crippen molar-refractivity contribution in [3.05, 3.63) is 59.3 Å². The third kappa shape index (κ3) is 3.10. The lowest BCUT2D eigenvalue weighted by atomic mass is 10.2. The zero-order valence-corrected chi connectivity index (χ0v) is 9.50. The van der Waals surface area contributed by atoms with Crippen LogP contribution in [0.25, 0.3) is 0 Å². The molecule has 86 valence electrons. The average molecular weight is 251 g/mol. The third-order valence-electron chi connectivity index (χ3n) is 2.05. The van der Waals surface area contributed by atoms with Crippen LogP contribution in [0.1, 0.15) is 17.1 Å². The van der Waals surface area contributed by atoms with Gasteiger partial charge in [0.2, 0.25) is 0 Å². The Balaban J connectivity index is 2.18. The molecule has 4 heteroatoms. The number of rotatable bonds is 2. The Morgan fingerprint density at radius 1 is 1.18 bits per heavy atom. The van der Waals surface area contributed by atoms with Crippen LogP contribution < -0.4 is 0 Å². The SMILES string of the molecule is Fc1ccccc1C#Cc1ccc(COCl)o1. The fraction of sp³-hybridized carbons (Fsp3) is 0.0769. The molecular formula is C13H8ClFO2. The summed E-state index contributed by atoms with van der Waals surface area (Å²) in [5, 5.41) is 0. The van der Waals surface area contributed by atoms with Crippen LogP contribution in [0, 0.1) is 17.7 Å². The molecule has 1 aromatic heterocycles. The number of hydrogen-bond acceptors (Lipinski definition) is 2. The monoisotopic (exact) mass is 250 g/mol. The lowest BCUT2D eigenvalue weighted by Gasteiger charge is -1.91. The normalized spacial score (nSPS) is 9.76. The van der Waals surface area contributed by atoms with Crippen LogP contribution in [0.3, 0.4) is 0 Å². The molecule has 1 aromatic carbocycles. The van der Waals surface area contributed by atoms with Gasteiger partial charge in [0.25, 0.3) is 0 Å². The fourth-order valence-corrected chi connectivity index (χ4v) is 1.38. The molecular weight excluding hydrogens is 243 g/mol. The highest BCUT2D eigenvalue weighted by molar-refractivity contribution is 6.07. The molecule has 2 rings (SSSR count). The summed E-state index contributed by atoms with van der Waals surface area (Å²) in [4.78, 5) is 0. The Labute approximate surface area is 103 Å². The average Bonchev–Trinajstić information content (AvgIpc) is 2.76. The highest BCUT2D eigenvalue weighted by Crippen LogP contribution is 2.09. The number of furan rings is 1. The van der Waals surface area contributed by atoms with Crippen molar-refractivity contribution in [2.24, 2.45) is 0 Å².